The van der Waals surface area contributed by atoms with Crippen LogP contribution in [0.3, 0.4) is 0 Å². The molecule has 1 atom stereocenters. The SMILES string of the molecule is CCn1ccc(C(=O)N2CC[C@@H](c3cc(CCOc4ccccc4F)[nH]n3)C2)n1. The standard InChI is InChI=1S/C21H24FN5O2/c1-2-27-11-8-18(25-27)21(28)26-10-7-15(14-26)19-13-16(23-24-19)9-12-29-20-6-4-3-5-17(20)22/h3-6,8,11,13,15H,2,7,9-10,12,14H2,1H3,(H,23,24)/t15-/m1/s1. The van der Waals surface area contributed by atoms with E-state index in [2.05, 4.69) is 15.3 Å². The number of rotatable bonds is 7. The molecule has 29 heavy (non-hydrogen) atoms. The van der Waals surface area contributed by atoms with Crippen LogP contribution < -0.4 is 4.74 Å². The smallest absolute Gasteiger partial charge is 0.274 e. The van der Waals surface area contributed by atoms with Crippen LogP contribution in [0.15, 0.2) is 42.6 Å². The predicted molar refractivity (Wildman–Crippen MR) is 105 cm³/mol. The number of ether oxygens (including phenoxy) is 1. The van der Waals surface area contributed by atoms with Gasteiger partial charge in [-0.3, -0.25) is 14.6 Å². The van der Waals surface area contributed by atoms with Crippen molar-refractivity contribution < 1.29 is 13.9 Å². The molecular formula is C21H24FN5O2. The lowest BCUT2D eigenvalue weighted by atomic mass is 10.0. The maximum atomic E-state index is 13.6. The number of nitrogens with one attached hydrogen (secondary N) is 1. The molecule has 1 aliphatic heterocycles. The number of carbonyl (C=O) groups excluding carboxylic acids is 1. The topological polar surface area (TPSA) is 76.0 Å². The van der Waals surface area contributed by atoms with Gasteiger partial charge < -0.3 is 9.64 Å². The first-order chi connectivity index (χ1) is 14.1. The molecule has 0 spiro atoms. The molecule has 7 nitrogen and oxygen atoms in total. The van der Waals surface area contributed by atoms with E-state index in [9.17, 15) is 9.18 Å². The zero-order valence-corrected chi connectivity index (χ0v) is 16.3. The highest BCUT2D eigenvalue weighted by Gasteiger charge is 2.30. The van der Waals surface area contributed by atoms with Crippen LogP contribution in [0.1, 0.15) is 41.1 Å². The van der Waals surface area contributed by atoms with E-state index in [1.165, 1.54) is 6.07 Å². The predicted octanol–water partition coefficient (Wildman–Crippen LogP) is 3.02. The Hall–Kier alpha value is -3.16. The molecule has 1 amide bonds. The van der Waals surface area contributed by atoms with E-state index in [1.54, 1.807) is 28.9 Å². The number of nitrogens with zero attached hydrogens (tertiary/aromatic N) is 4. The molecule has 3 heterocycles. The summed E-state index contributed by atoms with van der Waals surface area (Å²) in [6, 6.07) is 10.1. The van der Waals surface area contributed by atoms with Crippen molar-refractivity contribution in [1.29, 1.82) is 0 Å². The minimum atomic E-state index is -0.364. The van der Waals surface area contributed by atoms with Gasteiger partial charge in [-0.1, -0.05) is 12.1 Å². The fourth-order valence-corrected chi connectivity index (χ4v) is 3.55. The van der Waals surface area contributed by atoms with Crippen molar-refractivity contribution in [3.8, 4) is 5.75 Å². The monoisotopic (exact) mass is 397 g/mol. The molecule has 4 rings (SSSR count). The van der Waals surface area contributed by atoms with Crippen molar-refractivity contribution in [2.45, 2.75) is 32.2 Å². The largest absolute Gasteiger partial charge is 0.490 e. The second-order valence-electron chi connectivity index (χ2n) is 7.14. The second-order valence-corrected chi connectivity index (χ2v) is 7.14. The van der Waals surface area contributed by atoms with Gasteiger partial charge in [0.05, 0.1) is 12.3 Å². The number of H-pyrrole nitrogens is 1. The quantitative estimate of drug-likeness (QED) is 0.665. The first-order valence-electron chi connectivity index (χ1n) is 9.88. The molecule has 1 N–H and O–H groups in total. The van der Waals surface area contributed by atoms with Gasteiger partial charge in [0.2, 0.25) is 0 Å². The van der Waals surface area contributed by atoms with E-state index in [1.807, 2.05) is 24.1 Å². The number of aryl methyl sites for hydroxylation is 1. The number of amides is 1. The molecule has 3 aromatic rings. The third kappa shape index (κ3) is 4.31. The maximum absolute atomic E-state index is 13.6. The Labute approximate surface area is 168 Å². The molecule has 8 heteroatoms. The highest BCUT2D eigenvalue weighted by atomic mass is 19.1. The molecule has 2 aromatic heterocycles. The third-order valence-electron chi connectivity index (χ3n) is 5.19. The van der Waals surface area contributed by atoms with Gasteiger partial charge in [-0.25, -0.2) is 4.39 Å². The lowest BCUT2D eigenvalue weighted by Gasteiger charge is -2.14. The van der Waals surface area contributed by atoms with Crippen molar-refractivity contribution >= 4 is 5.91 Å². The van der Waals surface area contributed by atoms with Crippen LogP contribution >= 0.6 is 0 Å². The fourth-order valence-electron chi connectivity index (χ4n) is 3.55. The van der Waals surface area contributed by atoms with Gasteiger partial charge in [0.1, 0.15) is 5.69 Å². The number of likely N-dealkylation sites (tertiary alicyclic amines) is 1. The molecule has 152 valence electrons. The number of aromatic nitrogens is 4. The fraction of sp³-hybridized carbons (Fsp3) is 0.381. The third-order valence-corrected chi connectivity index (χ3v) is 5.19. The average Bonchev–Trinajstić information content (AvgIpc) is 3.49. The highest BCUT2D eigenvalue weighted by molar-refractivity contribution is 5.92. The molecule has 0 saturated carbocycles. The van der Waals surface area contributed by atoms with Crippen LogP contribution in [-0.2, 0) is 13.0 Å². The van der Waals surface area contributed by atoms with Gasteiger partial charge in [-0.15, -0.1) is 0 Å². The number of para-hydroxylation sites is 1. The molecule has 0 aliphatic carbocycles. The Morgan fingerprint density at radius 1 is 1.34 bits per heavy atom. The van der Waals surface area contributed by atoms with Gasteiger partial charge >= 0.3 is 0 Å². The minimum absolute atomic E-state index is 0.0336. The van der Waals surface area contributed by atoms with Gasteiger partial charge in [0.25, 0.3) is 5.91 Å². The molecule has 1 aromatic carbocycles. The van der Waals surface area contributed by atoms with Crippen molar-refractivity contribution in [3.05, 3.63) is 65.5 Å². The van der Waals surface area contributed by atoms with E-state index in [0.717, 1.165) is 24.4 Å². The number of hydrogen-bond donors (Lipinski definition) is 1. The zero-order valence-electron chi connectivity index (χ0n) is 16.3. The first-order valence-corrected chi connectivity index (χ1v) is 9.88. The summed E-state index contributed by atoms with van der Waals surface area (Å²) in [6.07, 6.45) is 3.30. The summed E-state index contributed by atoms with van der Waals surface area (Å²) in [4.78, 5) is 14.5. The molecule has 0 radical (unpaired) electrons. The minimum Gasteiger partial charge on any atom is -0.490 e. The number of carbonyl (C=O) groups is 1. The summed E-state index contributed by atoms with van der Waals surface area (Å²) in [5.74, 6) is 0.0541. The molecule has 1 saturated heterocycles. The van der Waals surface area contributed by atoms with Gasteiger partial charge in [0.15, 0.2) is 11.6 Å². The molecule has 1 aliphatic rings. The van der Waals surface area contributed by atoms with Crippen LogP contribution in [0.2, 0.25) is 0 Å². The lowest BCUT2D eigenvalue weighted by Crippen LogP contribution is -2.29. The Balaban J connectivity index is 1.30. The zero-order chi connectivity index (χ0) is 20.2. The van der Waals surface area contributed by atoms with Crippen molar-refractivity contribution in [1.82, 2.24) is 24.9 Å². The normalized spacial score (nSPS) is 16.3. The van der Waals surface area contributed by atoms with Crippen molar-refractivity contribution in [2.75, 3.05) is 19.7 Å². The molecule has 1 fully saturated rings. The second kappa shape index (κ2) is 8.46. The van der Waals surface area contributed by atoms with Gasteiger partial charge in [-0.2, -0.15) is 10.2 Å². The Bertz CT molecular complexity index is 983. The summed E-state index contributed by atoms with van der Waals surface area (Å²) in [5, 5.41) is 11.7. The number of aromatic amines is 1. The first kappa shape index (κ1) is 19.2. The Morgan fingerprint density at radius 3 is 3.00 bits per heavy atom. The van der Waals surface area contributed by atoms with Gasteiger partial charge in [0, 0.05) is 43.9 Å². The number of halogens is 1. The molecular weight excluding hydrogens is 373 g/mol. The summed E-state index contributed by atoms with van der Waals surface area (Å²) >= 11 is 0. The number of hydrogen-bond acceptors (Lipinski definition) is 4. The van der Waals surface area contributed by atoms with Crippen molar-refractivity contribution in [2.24, 2.45) is 0 Å². The van der Waals surface area contributed by atoms with Crippen LogP contribution in [0, 0.1) is 5.82 Å². The van der Waals surface area contributed by atoms with E-state index in [-0.39, 0.29) is 23.4 Å². The van der Waals surface area contributed by atoms with E-state index < -0.39 is 0 Å². The Morgan fingerprint density at radius 2 is 2.21 bits per heavy atom. The van der Waals surface area contributed by atoms with E-state index in [4.69, 9.17) is 4.74 Å². The summed E-state index contributed by atoms with van der Waals surface area (Å²) in [6.45, 7) is 4.42. The Kier molecular flexibility index (Phi) is 5.59. The molecule has 0 unspecified atom stereocenters. The highest BCUT2D eigenvalue weighted by Crippen LogP contribution is 2.27. The van der Waals surface area contributed by atoms with E-state index in [0.29, 0.717) is 31.8 Å². The van der Waals surface area contributed by atoms with Crippen LogP contribution in [0.5, 0.6) is 5.75 Å². The van der Waals surface area contributed by atoms with Gasteiger partial charge in [-0.05, 0) is 37.6 Å². The maximum Gasteiger partial charge on any atom is 0.274 e. The summed E-state index contributed by atoms with van der Waals surface area (Å²) in [5.41, 5.74) is 2.36. The number of benzene rings is 1. The summed E-state index contributed by atoms with van der Waals surface area (Å²) in [7, 11) is 0. The van der Waals surface area contributed by atoms with Crippen LogP contribution in [-0.4, -0.2) is 50.5 Å². The lowest BCUT2D eigenvalue weighted by molar-refractivity contribution is 0.0784. The van der Waals surface area contributed by atoms with Crippen molar-refractivity contribution in [3.63, 3.8) is 0 Å². The molecule has 0 bridgehead atoms. The average molecular weight is 397 g/mol. The van der Waals surface area contributed by atoms with E-state index >= 15 is 0 Å². The summed E-state index contributed by atoms with van der Waals surface area (Å²) < 4.78 is 20.8. The van der Waals surface area contributed by atoms with Crippen LogP contribution in [0.4, 0.5) is 4.39 Å². The van der Waals surface area contributed by atoms with Crippen LogP contribution in [0.25, 0.3) is 0 Å².